The van der Waals surface area contributed by atoms with Gasteiger partial charge in [0.25, 0.3) is 11.8 Å². The van der Waals surface area contributed by atoms with Crippen molar-refractivity contribution in [3.63, 3.8) is 0 Å². The zero-order valence-electron chi connectivity index (χ0n) is 15.9. The summed E-state index contributed by atoms with van der Waals surface area (Å²) < 4.78 is 19.2. The Balaban J connectivity index is 1.34. The van der Waals surface area contributed by atoms with Gasteiger partial charge in [-0.3, -0.25) is 9.59 Å². The van der Waals surface area contributed by atoms with Crippen LogP contribution in [0.4, 0.5) is 4.39 Å². The molecule has 1 aromatic carbocycles. The second kappa shape index (κ2) is 8.97. The Morgan fingerprint density at radius 2 is 2.07 bits per heavy atom. The van der Waals surface area contributed by atoms with Gasteiger partial charge in [-0.15, -0.1) is 11.3 Å². The first kappa shape index (κ1) is 20.6. The van der Waals surface area contributed by atoms with Crippen molar-refractivity contribution in [2.75, 3.05) is 13.1 Å². The first-order valence-electron chi connectivity index (χ1n) is 9.52. The Hall–Kier alpha value is -2.71. The van der Waals surface area contributed by atoms with Gasteiger partial charge in [0.15, 0.2) is 0 Å². The van der Waals surface area contributed by atoms with Crippen molar-refractivity contribution in [3.05, 3.63) is 74.8 Å². The average molecular weight is 448 g/mol. The largest absolute Gasteiger partial charge is 0.467 e. The molecule has 30 heavy (non-hydrogen) atoms. The van der Waals surface area contributed by atoms with Crippen LogP contribution in [0.1, 0.15) is 50.4 Å². The van der Waals surface area contributed by atoms with Crippen LogP contribution in [0.15, 0.2) is 46.4 Å². The van der Waals surface area contributed by atoms with Crippen molar-refractivity contribution in [1.29, 1.82) is 0 Å². The molecule has 0 saturated carbocycles. The molecule has 0 spiro atoms. The van der Waals surface area contributed by atoms with Crippen molar-refractivity contribution in [2.24, 2.45) is 0 Å². The van der Waals surface area contributed by atoms with E-state index in [-0.39, 0.29) is 22.4 Å². The normalized spacial score (nSPS) is 14.7. The van der Waals surface area contributed by atoms with E-state index in [9.17, 15) is 14.0 Å². The van der Waals surface area contributed by atoms with Gasteiger partial charge in [-0.1, -0.05) is 17.7 Å². The van der Waals surface area contributed by atoms with E-state index >= 15 is 0 Å². The zero-order chi connectivity index (χ0) is 21.1. The van der Waals surface area contributed by atoms with Gasteiger partial charge in [0.05, 0.1) is 28.4 Å². The minimum atomic E-state index is -0.611. The summed E-state index contributed by atoms with van der Waals surface area (Å²) in [6.07, 6.45) is 2.94. The molecule has 0 unspecified atom stereocenters. The SMILES string of the molecule is O=C(NCc1ccco1)c1csc(C2CCN(C(=O)c3c(F)cccc3Cl)CC2)n1. The summed E-state index contributed by atoms with van der Waals surface area (Å²) in [4.78, 5) is 31.1. The third-order valence-corrected chi connectivity index (χ3v) is 6.39. The van der Waals surface area contributed by atoms with Crippen molar-refractivity contribution >= 4 is 34.8 Å². The van der Waals surface area contributed by atoms with Gasteiger partial charge in [0.1, 0.15) is 17.3 Å². The van der Waals surface area contributed by atoms with Crippen LogP contribution in [0.25, 0.3) is 0 Å². The predicted octanol–water partition coefficient (Wildman–Crippen LogP) is 4.48. The quantitative estimate of drug-likeness (QED) is 0.625. The smallest absolute Gasteiger partial charge is 0.271 e. The van der Waals surface area contributed by atoms with E-state index in [0.717, 1.165) is 5.01 Å². The second-order valence-corrected chi connectivity index (χ2v) is 8.29. The van der Waals surface area contributed by atoms with Crippen molar-refractivity contribution in [1.82, 2.24) is 15.2 Å². The minimum absolute atomic E-state index is 0.0811. The van der Waals surface area contributed by atoms with E-state index in [0.29, 0.717) is 43.9 Å². The number of carbonyl (C=O) groups is 2. The highest BCUT2D eigenvalue weighted by molar-refractivity contribution is 7.09. The van der Waals surface area contributed by atoms with Crippen LogP contribution in [-0.2, 0) is 6.54 Å². The summed E-state index contributed by atoms with van der Waals surface area (Å²) in [7, 11) is 0. The summed E-state index contributed by atoms with van der Waals surface area (Å²) >= 11 is 7.46. The van der Waals surface area contributed by atoms with Gasteiger partial charge in [0, 0.05) is 24.4 Å². The van der Waals surface area contributed by atoms with Crippen LogP contribution >= 0.6 is 22.9 Å². The molecule has 1 saturated heterocycles. The molecule has 0 atom stereocenters. The van der Waals surface area contributed by atoms with E-state index in [2.05, 4.69) is 10.3 Å². The number of piperidine rings is 1. The fourth-order valence-electron chi connectivity index (χ4n) is 3.44. The molecule has 9 heteroatoms. The second-order valence-electron chi connectivity index (χ2n) is 7.00. The van der Waals surface area contributed by atoms with Gasteiger partial charge in [-0.2, -0.15) is 0 Å². The van der Waals surface area contributed by atoms with E-state index in [4.69, 9.17) is 16.0 Å². The summed E-state index contributed by atoms with van der Waals surface area (Å²) in [5, 5.41) is 5.51. The van der Waals surface area contributed by atoms with E-state index in [1.807, 2.05) is 0 Å². The number of hydrogen-bond donors (Lipinski definition) is 1. The number of amides is 2. The third-order valence-electron chi connectivity index (χ3n) is 5.07. The number of carbonyl (C=O) groups excluding carboxylic acids is 2. The third kappa shape index (κ3) is 4.39. The fraction of sp³-hybridized carbons (Fsp3) is 0.286. The lowest BCUT2D eigenvalue weighted by molar-refractivity contribution is 0.0708. The van der Waals surface area contributed by atoms with E-state index in [1.165, 1.54) is 29.5 Å². The first-order valence-corrected chi connectivity index (χ1v) is 10.8. The molecule has 1 aliphatic heterocycles. The number of furan rings is 1. The molecule has 4 rings (SSSR count). The van der Waals surface area contributed by atoms with Gasteiger partial charge < -0.3 is 14.6 Å². The first-order chi connectivity index (χ1) is 14.5. The Kier molecular flexibility index (Phi) is 6.15. The maximum absolute atomic E-state index is 14.0. The molecule has 6 nitrogen and oxygen atoms in total. The van der Waals surface area contributed by atoms with Crippen molar-refractivity contribution in [3.8, 4) is 0 Å². The number of halogens is 2. The van der Waals surface area contributed by atoms with Crippen LogP contribution in [0, 0.1) is 5.82 Å². The van der Waals surface area contributed by atoms with E-state index in [1.54, 1.807) is 28.7 Å². The highest BCUT2D eigenvalue weighted by atomic mass is 35.5. The molecule has 3 aromatic rings. The molecular weight excluding hydrogens is 429 g/mol. The van der Waals surface area contributed by atoms with E-state index < -0.39 is 11.7 Å². The highest BCUT2D eigenvalue weighted by Gasteiger charge is 2.29. The van der Waals surface area contributed by atoms with Gasteiger partial charge in [-0.25, -0.2) is 9.37 Å². The number of aromatic nitrogens is 1. The molecular formula is C21H19ClFN3O3S. The standard InChI is InChI=1S/C21H19ClFN3O3S/c22-15-4-1-5-16(23)18(15)21(28)26-8-6-13(7-9-26)20-25-17(12-30-20)19(27)24-11-14-3-2-10-29-14/h1-5,10,12-13H,6-9,11H2,(H,24,27). The molecule has 1 fully saturated rings. The number of nitrogens with one attached hydrogen (secondary N) is 1. The molecule has 0 aliphatic carbocycles. The van der Waals surface area contributed by atoms with Crippen LogP contribution in [0.3, 0.4) is 0 Å². The maximum atomic E-state index is 14.0. The lowest BCUT2D eigenvalue weighted by Gasteiger charge is -2.31. The Morgan fingerprint density at radius 3 is 2.77 bits per heavy atom. The molecule has 1 aliphatic rings. The topological polar surface area (TPSA) is 75.4 Å². The molecule has 3 heterocycles. The van der Waals surface area contributed by atoms with Gasteiger partial charge in [-0.05, 0) is 37.1 Å². The predicted molar refractivity (Wildman–Crippen MR) is 111 cm³/mol. The molecule has 0 bridgehead atoms. The summed E-state index contributed by atoms with van der Waals surface area (Å²) in [5.41, 5.74) is 0.292. The zero-order valence-corrected chi connectivity index (χ0v) is 17.5. The number of thiazole rings is 1. The molecule has 156 valence electrons. The number of nitrogens with zero attached hydrogens (tertiary/aromatic N) is 2. The number of benzene rings is 1. The van der Waals surface area contributed by atoms with Crippen LogP contribution in [0.5, 0.6) is 0 Å². The monoisotopic (exact) mass is 447 g/mol. The molecule has 2 aromatic heterocycles. The summed E-state index contributed by atoms with van der Waals surface area (Å²) in [6, 6.07) is 7.78. The number of rotatable bonds is 5. The summed E-state index contributed by atoms with van der Waals surface area (Å²) in [5.74, 6) is -0.434. The Morgan fingerprint density at radius 1 is 1.27 bits per heavy atom. The average Bonchev–Trinajstić information content (AvgIpc) is 3.44. The van der Waals surface area contributed by atoms with Crippen LogP contribution in [-0.4, -0.2) is 34.8 Å². The minimum Gasteiger partial charge on any atom is -0.467 e. The van der Waals surface area contributed by atoms with Gasteiger partial charge >= 0.3 is 0 Å². The summed E-state index contributed by atoms with van der Waals surface area (Å²) in [6.45, 7) is 1.26. The fourth-order valence-corrected chi connectivity index (χ4v) is 4.66. The van der Waals surface area contributed by atoms with Crippen molar-refractivity contribution < 1.29 is 18.4 Å². The van der Waals surface area contributed by atoms with Gasteiger partial charge in [0.2, 0.25) is 0 Å². The lowest BCUT2D eigenvalue weighted by atomic mass is 9.97. The number of hydrogen-bond acceptors (Lipinski definition) is 5. The molecule has 0 radical (unpaired) electrons. The Labute approximate surface area is 181 Å². The van der Waals surface area contributed by atoms with Crippen LogP contribution < -0.4 is 5.32 Å². The molecule has 1 N–H and O–H groups in total. The molecule has 2 amide bonds. The van der Waals surface area contributed by atoms with Crippen LogP contribution in [0.2, 0.25) is 5.02 Å². The maximum Gasteiger partial charge on any atom is 0.271 e. The highest BCUT2D eigenvalue weighted by Crippen LogP contribution is 2.31. The van der Waals surface area contributed by atoms with Crippen molar-refractivity contribution in [2.45, 2.75) is 25.3 Å². The Bertz CT molecular complexity index is 1030. The number of likely N-dealkylation sites (tertiary alicyclic amines) is 1. The lowest BCUT2D eigenvalue weighted by Crippen LogP contribution is -2.38.